The number of rotatable bonds is 7. The second-order valence-electron chi connectivity index (χ2n) is 6.95. The molecule has 1 amide bonds. The lowest BCUT2D eigenvalue weighted by Gasteiger charge is -2.26. The van der Waals surface area contributed by atoms with E-state index in [4.69, 9.17) is 4.74 Å². The van der Waals surface area contributed by atoms with Gasteiger partial charge in [-0.25, -0.2) is 0 Å². The van der Waals surface area contributed by atoms with Crippen LogP contribution in [-0.4, -0.2) is 57.6 Å². The van der Waals surface area contributed by atoms with Gasteiger partial charge in [0.15, 0.2) is 11.0 Å². The number of morpholine rings is 1. The monoisotopic (exact) mass is 434 g/mol. The van der Waals surface area contributed by atoms with Crippen molar-refractivity contribution in [2.45, 2.75) is 11.7 Å². The lowest BCUT2D eigenvalue weighted by molar-refractivity contribution is -0.113. The summed E-state index contributed by atoms with van der Waals surface area (Å²) in [4.78, 5) is 14.8. The third-order valence-electron chi connectivity index (χ3n) is 4.84. The Balaban J connectivity index is 1.49. The summed E-state index contributed by atoms with van der Waals surface area (Å²) in [5.74, 6) is 0.776. The topological polar surface area (TPSA) is 96.1 Å². The van der Waals surface area contributed by atoms with Gasteiger partial charge in [0.1, 0.15) is 6.07 Å². The largest absolute Gasteiger partial charge is 0.379 e. The highest BCUT2D eigenvalue weighted by Gasteiger charge is 2.19. The van der Waals surface area contributed by atoms with Gasteiger partial charge in [-0.1, -0.05) is 42.1 Å². The van der Waals surface area contributed by atoms with E-state index >= 15 is 0 Å². The maximum atomic E-state index is 12.5. The van der Waals surface area contributed by atoms with Crippen molar-refractivity contribution < 1.29 is 9.53 Å². The molecular weight excluding hydrogens is 412 g/mol. The number of hydrogen-bond acceptors (Lipinski definition) is 7. The first-order valence-electron chi connectivity index (χ1n) is 9.96. The van der Waals surface area contributed by atoms with Crippen LogP contribution in [0.3, 0.4) is 0 Å². The molecule has 0 atom stereocenters. The lowest BCUT2D eigenvalue weighted by atomic mass is 10.2. The molecule has 2 aromatic carbocycles. The van der Waals surface area contributed by atoms with Gasteiger partial charge in [0.25, 0.3) is 0 Å². The second kappa shape index (κ2) is 10.2. The van der Waals surface area contributed by atoms with Crippen molar-refractivity contribution in [3.05, 3.63) is 66.0 Å². The van der Waals surface area contributed by atoms with Crippen LogP contribution in [0, 0.1) is 11.3 Å². The fraction of sp³-hybridized carbons (Fsp3) is 0.273. The zero-order valence-corrected chi connectivity index (χ0v) is 17.7. The van der Waals surface area contributed by atoms with E-state index in [9.17, 15) is 10.1 Å². The molecule has 8 nitrogen and oxygen atoms in total. The van der Waals surface area contributed by atoms with Crippen molar-refractivity contribution in [3.63, 3.8) is 0 Å². The van der Waals surface area contributed by atoms with E-state index in [2.05, 4.69) is 26.5 Å². The van der Waals surface area contributed by atoms with Gasteiger partial charge in [-0.2, -0.15) is 5.26 Å². The Morgan fingerprint density at radius 1 is 1.10 bits per heavy atom. The van der Waals surface area contributed by atoms with Crippen molar-refractivity contribution in [1.82, 2.24) is 19.7 Å². The highest BCUT2D eigenvalue weighted by Crippen LogP contribution is 2.23. The number of carbonyl (C=O) groups is 1. The molecular formula is C22H22N6O2S. The molecule has 0 aliphatic carbocycles. The van der Waals surface area contributed by atoms with Crippen LogP contribution >= 0.6 is 11.8 Å². The van der Waals surface area contributed by atoms with Gasteiger partial charge in [-0.05, 0) is 24.3 Å². The van der Waals surface area contributed by atoms with Crippen molar-refractivity contribution in [2.24, 2.45) is 0 Å². The molecule has 1 N–H and O–H groups in total. The van der Waals surface area contributed by atoms with Crippen LogP contribution in [0.5, 0.6) is 0 Å². The summed E-state index contributed by atoms with van der Waals surface area (Å²) in [6.45, 7) is 3.79. The number of anilines is 1. The Morgan fingerprint density at radius 3 is 2.61 bits per heavy atom. The predicted molar refractivity (Wildman–Crippen MR) is 118 cm³/mol. The number of amides is 1. The lowest BCUT2D eigenvalue weighted by Crippen LogP contribution is -2.36. The first kappa shape index (κ1) is 21.1. The molecule has 0 saturated carbocycles. The van der Waals surface area contributed by atoms with Crippen LogP contribution in [-0.2, 0) is 16.1 Å². The molecule has 1 aromatic heterocycles. The van der Waals surface area contributed by atoms with Crippen molar-refractivity contribution >= 4 is 23.4 Å². The van der Waals surface area contributed by atoms with Gasteiger partial charge < -0.3 is 10.1 Å². The number of aromatic nitrogens is 3. The molecule has 1 saturated heterocycles. The maximum Gasteiger partial charge on any atom is 0.234 e. The zero-order valence-electron chi connectivity index (χ0n) is 16.9. The summed E-state index contributed by atoms with van der Waals surface area (Å²) in [6, 6.07) is 18.9. The minimum Gasteiger partial charge on any atom is -0.379 e. The van der Waals surface area contributed by atoms with E-state index < -0.39 is 0 Å². The summed E-state index contributed by atoms with van der Waals surface area (Å²) < 4.78 is 7.43. The van der Waals surface area contributed by atoms with E-state index in [0.29, 0.717) is 36.2 Å². The van der Waals surface area contributed by atoms with Gasteiger partial charge in [0, 0.05) is 18.8 Å². The summed E-state index contributed by atoms with van der Waals surface area (Å²) >= 11 is 1.32. The number of nitriles is 1. The number of para-hydroxylation sites is 2. The molecule has 9 heteroatoms. The average Bonchev–Trinajstić information content (AvgIpc) is 3.21. The number of benzene rings is 2. The van der Waals surface area contributed by atoms with Gasteiger partial charge in [-0.3, -0.25) is 14.3 Å². The van der Waals surface area contributed by atoms with Crippen LogP contribution in [0.1, 0.15) is 11.4 Å². The number of nitrogens with one attached hydrogen (secondary N) is 1. The molecule has 0 unspecified atom stereocenters. The number of hydrogen-bond donors (Lipinski definition) is 1. The summed E-state index contributed by atoms with van der Waals surface area (Å²) in [7, 11) is 0. The van der Waals surface area contributed by atoms with Crippen molar-refractivity contribution in [3.8, 4) is 11.8 Å². The molecule has 0 bridgehead atoms. The molecule has 3 aromatic rings. The predicted octanol–water partition coefficient (Wildman–Crippen LogP) is 2.70. The van der Waals surface area contributed by atoms with Gasteiger partial charge in [0.05, 0.1) is 36.8 Å². The zero-order chi connectivity index (χ0) is 21.5. The molecule has 158 valence electrons. The smallest absolute Gasteiger partial charge is 0.234 e. The molecule has 1 fully saturated rings. The summed E-state index contributed by atoms with van der Waals surface area (Å²) in [5.41, 5.74) is 1.89. The van der Waals surface area contributed by atoms with E-state index in [1.807, 2.05) is 34.9 Å². The third kappa shape index (κ3) is 5.30. The SMILES string of the molecule is N#Cc1ccccc1NC(=O)CSc1nnc(CN2CCOCC2)n1-c1ccccc1. The van der Waals surface area contributed by atoms with Crippen LogP contribution < -0.4 is 5.32 Å². The fourth-order valence-electron chi connectivity index (χ4n) is 3.30. The standard InChI is InChI=1S/C22H22N6O2S/c23-14-17-6-4-5-9-19(17)24-21(29)16-31-22-26-25-20(15-27-10-12-30-13-11-27)28(22)18-7-2-1-3-8-18/h1-9H,10-13,15-16H2,(H,24,29). The molecule has 2 heterocycles. The minimum absolute atomic E-state index is 0.155. The average molecular weight is 435 g/mol. The Hall–Kier alpha value is -3.19. The third-order valence-corrected chi connectivity index (χ3v) is 5.77. The van der Waals surface area contributed by atoms with Crippen molar-refractivity contribution in [2.75, 3.05) is 37.4 Å². The number of ether oxygens (including phenoxy) is 1. The Morgan fingerprint density at radius 2 is 1.84 bits per heavy atom. The van der Waals surface area contributed by atoms with E-state index in [1.165, 1.54) is 11.8 Å². The van der Waals surface area contributed by atoms with E-state index in [1.54, 1.807) is 24.3 Å². The van der Waals surface area contributed by atoms with Crippen molar-refractivity contribution in [1.29, 1.82) is 5.26 Å². The molecule has 4 rings (SSSR count). The Kier molecular flexibility index (Phi) is 6.94. The Bertz CT molecular complexity index is 1070. The highest BCUT2D eigenvalue weighted by atomic mass is 32.2. The summed E-state index contributed by atoms with van der Waals surface area (Å²) in [6.07, 6.45) is 0. The maximum absolute atomic E-state index is 12.5. The van der Waals surface area contributed by atoms with Gasteiger partial charge >= 0.3 is 0 Å². The van der Waals surface area contributed by atoms with E-state index in [0.717, 1.165) is 24.6 Å². The summed E-state index contributed by atoms with van der Waals surface area (Å²) in [5, 5.41) is 21.4. The molecule has 0 radical (unpaired) electrons. The van der Waals surface area contributed by atoms with E-state index in [-0.39, 0.29) is 11.7 Å². The van der Waals surface area contributed by atoms with Crippen LogP contribution in [0.15, 0.2) is 59.8 Å². The minimum atomic E-state index is -0.204. The van der Waals surface area contributed by atoms with Gasteiger partial charge in [-0.15, -0.1) is 10.2 Å². The second-order valence-corrected chi connectivity index (χ2v) is 7.90. The quantitative estimate of drug-likeness (QED) is 0.571. The number of nitrogens with zero attached hydrogens (tertiary/aromatic N) is 5. The van der Waals surface area contributed by atoms with Gasteiger partial charge in [0.2, 0.25) is 5.91 Å². The fourth-order valence-corrected chi connectivity index (χ4v) is 4.07. The molecule has 1 aliphatic heterocycles. The van der Waals surface area contributed by atoms with Crippen LogP contribution in [0.2, 0.25) is 0 Å². The first-order chi connectivity index (χ1) is 15.2. The van der Waals surface area contributed by atoms with Crippen LogP contribution in [0.25, 0.3) is 5.69 Å². The number of thioether (sulfide) groups is 1. The highest BCUT2D eigenvalue weighted by molar-refractivity contribution is 7.99. The molecule has 31 heavy (non-hydrogen) atoms. The molecule has 0 spiro atoms. The first-order valence-corrected chi connectivity index (χ1v) is 10.9. The normalized spacial score (nSPS) is 14.2. The van der Waals surface area contributed by atoms with Crippen LogP contribution in [0.4, 0.5) is 5.69 Å². The number of carbonyl (C=O) groups excluding carboxylic acids is 1. The Labute approximate surface area is 184 Å². The molecule has 1 aliphatic rings.